The summed E-state index contributed by atoms with van der Waals surface area (Å²) in [5, 5.41) is 15.3. The maximum Gasteiger partial charge on any atom is 0.408 e. The van der Waals surface area contributed by atoms with Gasteiger partial charge in [0, 0.05) is 56.0 Å². The number of amides is 5. The Morgan fingerprint density at radius 1 is 0.857 bits per heavy atom. The molecule has 1 unspecified atom stereocenters. The first kappa shape index (κ1) is 42.5. The smallest absolute Gasteiger partial charge is 0.408 e. The first-order valence-corrected chi connectivity index (χ1v) is 20.0. The van der Waals surface area contributed by atoms with Gasteiger partial charge in [-0.05, 0) is 136 Å². The van der Waals surface area contributed by atoms with Crippen molar-refractivity contribution in [1.82, 2.24) is 34.5 Å². The predicted octanol–water partition coefficient (Wildman–Crippen LogP) is 5.48. The van der Waals surface area contributed by atoms with E-state index in [0.717, 1.165) is 57.2 Å². The lowest BCUT2D eigenvalue weighted by molar-refractivity contribution is -0.138. The highest BCUT2D eigenvalue weighted by Gasteiger charge is 2.39. The summed E-state index contributed by atoms with van der Waals surface area (Å²) in [4.78, 5) is 75.5. The molecule has 1 aliphatic heterocycles. The fourth-order valence-electron chi connectivity index (χ4n) is 8.59. The van der Waals surface area contributed by atoms with E-state index in [0.29, 0.717) is 12.1 Å². The number of carbonyl (C=O) groups is 4. The number of hydrogen-bond donors (Lipinski definition) is 3. The molecule has 308 valence electrons. The van der Waals surface area contributed by atoms with Crippen molar-refractivity contribution in [2.24, 2.45) is 0 Å². The van der Waals surface area contributed by atoms with Crippen LogP contribution in [0.3, 0.4) is 0 Å². The summed E-state index contributed by atoms with van der Waals surface area (Å²) in [6, 6.07) is 8.18. The molecule has 15 nitrogen and oxygen atoms in total. The Kier molecular flexibility index (Phi) is 12.8. The van der Waals surface area contributed by atoms with Crippen LogP contribution in [0.25, 0.3) is 5.69 Å². The van der Waals surface area contributed by atoms with E-state index in [4.69, 9.17) is 4.74 Å². The minimum Gasteiger partial charge on any atom is -0.465 e. The van der Waals surface area contributed by atoms with Crippen LogP contribution in [0.5, 0.6) is 0 Å². The molecule has 5 amide bonds. The zero-order valence-electron chi connectivity index (χ0n) is 34.7. The molecule has 1 aromatic carbocycles. The van der Waals surface area contributed by atoms with Crippen LogP contribution in [0, 0.1) is 0 Å². The number of likely N-dealkylation sites (N-methyl/N-ethyl adjacent to an activating group) is 1. The van der Waals surface area contributed by atoms with Gasteiger partial charge in [-0.25, -0.2) is 19.2 Å². The molecule has 2 aliphatic carbocycles. The fourth-order valence-corrected chi connectivity index (χ4v) is 8.59. The van der Waals surface area contributed by atoms with Crippen LogP contribution in [0.1, 0.15) is 106 Å². The van der Waals surface area contributed by atoms with E-state index in [9.17, 15) is 29.1 Å². The van der Waals surface area contributed by atoms with E-state index in [2.05, 4.69) is 39.6 Å². The largest absolute Gasteiger partial charge is 0.465 e. The highest BCUT2D eigenvalue weighted by molar-refractivity contribution is 5.90. The molecule has 15 heteroatoms. The molecular formula is C41H62N8O7. The molecule has 3 aliphatic rings. The first-order chi connectivity index (χ1) is 26.2. The Balaban J connectivity index is 1.14. The van der Waals surface area contributed by atoms with Crippen molar-refractivity contribution in [2.45, 2.75) is 142 Å². The van der Waals surface area contributed by atoms with Gasteiger partial charge in [0.15, 0.2) is 0 Å². The molecule has 1 saturated heterocycles. The van der Waals surface area contributed by atoms with Crippen LogP contribution < -0.4 is 16.3 Å². The van der Waals surface area contributed by atoms with Crippen molar-refractivity contribution in [3.05, 3.63) is 52.1 Å². The van der Waals surface area contributed by atoms with Crippen LogP contribution in [0.2, 0.25) is 0 Å². The molecule has 1 aromatic heterocycles. The van der Waals surface area contributed by atoms with Gasteiger partial charge in [-0.15, -0.1) is 0 Å². The molecule has 3 N–H and O–H groups in total. The Bertz CT molecular complexity index is 1810. The molecule has 0 bridgehead atoms. The normalized spacial score (nSPS) is 20.6. The van der Waals surface area contributed by atoms with Gasteiger partial charge < -0.3 is 29.9 Å². The zero-order valence-corrected chi connectivity index (χ0v) is 34.7. The summed E-state index contributed by atoms with van der Waals surface area (Å²) in [7, 11) is 0. The van der Waals surface area contributed by atoms with Gasteiger partial charge in [-0.3, -0.25) is 19.6 Å². The highest BCUT2D eigenvalue weighted by atomic mass is 16.6. The van der Waals surface area contributed by atoms with Gasteiger partial charge in [-0.1, -0.05) is 13.0 Å². The molecule has 2 aromatic rings. The minimum absolute atomic E-state index is 0.0482. The average molecular weight is 779 g/mol. The molecule has 0 radical (unpaired) electrons. The fraction of sp³-hybridized carbons (Fsp3) is 0.659. The summed E-state index contributed by atoms with van der Waals surface area (Å²) >= 11 is 0. The molecule has 1 atom stereocenters. The number of benzene rings is 1. The number of rotatable bonds is 8. The van der Waals surface area contributed by atoms with Crippen LogP contribution in [-0.4, -0.2) is 126 Å². The third-order valence-electron chi connectivity index (χ3n) is 11.2. The lowest BCUT2D eigenvalue weighted by Gasteiger charge is -2.46. The van der Waals surface area contributed by atoms with Gasteiger partial charge in [0.25, 0.3) is 0 Å². The van der Waals surface area contributed by atoms with E-state index in [-0.39, 0.29) is 43.9 Å². The van der Waals surface area contributed by atoms with Crippen molar-refractivity contribution >= 4 is 29.9 Å². The summed E-state index contributed by atoms with van der Waals surface area (Å²) in [6.07, 6.45) is 6.65. The number of fused-ring (bicyclic) bond motifs is 1. The Morgan fingerprint density at radius 2 is 1.48 bits per heavy atom. The van der Waals surface area contributed by atoms with Crippen LogP contribution in [0.4, 0.5) is 20.2 Å². The summed E-state index contributed by atoms with van der Waals surface area (Å²) in [6.45, 7) is 18.7. The van der Waals surface area contributed by atoms with Crippen molar-refractivity contribution in [3.63, 3.8) is 0 Å². The molecule has 56 heavy (non-hydrogen) atoms. The van der Waals surface area contributed by atoms with E-state index in [1.54, 1.807) is 61.6 Å². The zero-order chi connectivity index (χ0) is 41.2. The van der Waals surface area contributed by atoms with Gasteiger partial charge >= 0.3 is 23.9 Å². The Hall–Kier alpha value is -4.66. The standard InChI is InChI=1S/C41H62N8O7/c1-10-47(29-15-17-30(18-16-29)49(38(54)55)39(2,3)4)31-13-11-28-26-32(14-12-27(28)25-31)48-20-19-33(43-36(48)52)42-35(51)46-23-21-45(22-24-46)34(50)41(8,9)44-37(53)56-40(5,6)7/h12,14,19-20,26,29-31H,10-11,13,15-18,21-25H2,1-9H3,(H,44,53)(H,54,55)(H,42,43,51,52). The average Bonchev–Trinajstić information content (AvgIpc) is 3.10. The molecule has 5 rings (SSSR count). The molecule has 2 heterocycles. The number of hydrogen-bond acceptors (Lipinski definition) is 8. The predicted molar refractivity (Wildman–Crippen MR) is 214 cm³/mol. The van der Waals surface area contributed by atoms with Crippen molar-refractivity contribution in [1.29, 1.82) is 0 Å². The van der Waals surface area contributed by atoms with Gasteiger partial charge in [0.05, 0.1) is 5.69 Å². The first-order valence-electron chi connectivity index (χ1n) is 20.0. The van der Waals surface area contributed by atoms with E-state index >= 15 is 0 Å². The summed E-state index contributed by atoms with van der Waals surface area (Å²) < 4.78 is 6.78. The van der Waals surface area contributed by atoms with Crippen molar-refractivity contribution < 1.29 is 29.0 Å². The van der Waals surface area contributed by atoms with E-state index in [1.165, 1.54) is 15.7 Å². The van der Waals surface area contributed by atoms with Gasteiger partial charge in [0.1, 0.15) is 17.0 Å². The number of anilines is 1. The number of piperazine rings is 1. The quantitative estimate of drug-likeness (QED) is 0.314. The minimum atomic E-state index is -1.20. The lowest BCUT2D eigenvalue weighted by atomic mass is 9.83. The maximum absolute atomic E-state index is 13.2. The molecule has 0 spiro atoms. The summed E-state index contributed by atoms with van der Waals surface area (Å²) in [5.41, 5.74) is 0.382. The maximum atomic E-state index is 13.2. The highest BCUT2D eigenvalue weighted by Crippen LogP contribution is 2.34. The second-order valence-electron chi connectivity index (χ2n) is 17.9. The van der Waals surface area contributed by atoms with Crippen LogP contribution in [0.15, 0.2) is 35.3 Å². The number of aromatic nitrogens is 2. The Morgan fingerprint density at radius 3 is 2.05 bits per heavy atom. The second kappa shape index (κ2) is 16.8. The lowest BCUT2D eigenvalue weighted by Crippen LogP contribution is -2.60. The summed E-state index contributed by atoms with van der Waals surface area (Å²) in [5.74, 6) is -0.138. The third kappa shape index (κ3) is 10.2. The number of ether oxygens (including phenoxy) is 1. The Labute approximate surface area is 330 Å². The SMILES string of the molecule is CCN(C1CCC(N(C(=O)O)C(C)(C)C)CC1)C1CCc2cc(-n3ccc(NC(=O)N4CCN(C(=O)C(C)(C)NC(=O)OC(C)(C)C)CC4)nc3=O)ccc2C1. The van der Waals surface area contributed by atoms with E-state index in [1.807, 2.05) is 26.8 Å². The van der Waals surface area contributed by atoms with Crippen molar-refractivity contribution in [2.75, 3.05) is 38.0 Å². The van der Waals surface area contributed by atoms with Gasteiger partial charge in [-0.2, -0.15) is 4.98 Å². The van der Waals surface area contributed by atoms with E-state index < -0.39 is 40.6 Å². The number of nitrogens with zero attached hydrogens (tertiary/aromatic N) is 6. The van der Waals surface area contributed by atoms with Gasteiger partial charge in [0.2, 0.25) is 5.91 Å². The number of carboxylic acid groups (broad SMARTS) is 1. The van der Waals surface area contributed by atoms with Crippen LogP contribution >= 0.6 is 0 Å². The van der Waals surface area contributed by atoms with Crippen molar-refractivity contribution in [3.8, 4) is 5.69 Å². The monoisotopic (exact) mass is 778 g/mol. The molecule has 2 fully saturated rings. The number of nitrogens with one attached hydrogen (secondary N) is 2. The number of carbonyl (C=O) groups excluding carboxylic acids is 3. The molecular weight excluding hydrogens is 716 g/mol. The third-order valence-corrected chi connectivity index (χ3v) is 11.2. The van der Waals surface area contributed by atoms with Crippen LogP contribution in [-0.2, 0) is 22.4 Å². The number of alkyl carbamates (subject to hydrolysis) is 1. The molecule has 1 saturated carbocycles. The number of urea groups is 1. The number of aryl methyl sites for hydroxylation is 1. The second-order valence-corrected chi connectivity index (χ2v) is 17.9. The topological polar surface area (TPSA) is 170 Å².